The molecule has 0 bridgehead atoms. The normalized spacial score (nSPS) is 9.70. The number of nitriles is 1. The molecule has 1 aromatic rings. The third kappa shape index (κ3) is 4.61. The molecule has 0 saturated carbocycles. The maximum atomic E-state index is 11.4. The molecule has 0 unspecified atom stereocenters. The van der Waals surface area contributed by atoms with Crippen LogP contribution in [-0.2, 0) is 11.2 Å². The smallest absolute Gasteiger partial charge is 0.258 e. The molecule has 0 aliphatic carbocycles. The summed E-state index contributed by atoms with van der Waals surface area (Å²) >= 11 is 5.98. The van der Waals surface area contributed by atoms with Gasteiger partial charge in [0.1, 0.15) is 6.54 Å². The molecule has 20 heavy (non-hydrogen) atoms. The Kier molecular flexibility index (Phi) is 6.64. The van der Waals surface area contributed by atoms with Gasteiger partial charge in [0, 0.05) is 16.7 Å². The number of rotatable bonds is 7. The molecule has 0 aromatic heterocycles. The first kappa shape index (κ1) is 16.1. The zero-order valence-electron chi connectivity index (χ0n) is 11.1. The molecule has 3 N–H and O–H groups in total. The molecule has 7 heteroatoms. The first-order valence-electron chi connectivity index (χ1n) is 5.95. The van der Waals surface area contributed by atoms with Crippen LogP contribution in [0.5, 0.6) is 11.5 Å². The van der Waals surface area contributed by atoms with Gasteiger partial charge in [-0.05, 0) is 19.0 Å². The largest absolute Gasteiger partial charge is 0.493 e. The molecular weight excluding hydrogens is 282 g/mol. The third-order valence-corrected chi connectivity index (χ3v) is 2.66. The second-order valence-electron chi connectivity index (χ2n) is 3.86. The molecular formula is C13H16ClN3O3. The Labute approximate surface area is 122 Å². The molecule has 0 heterocycles. The van der Waals surface area contributed by atoms with Gasteiger partial charge in [-0.3, -0.25) is 4.79 Å². The highest BCUT2D eigenvalue weighted by Crippen LogP contribution is 2.34. The van der Waals surface area contributed by atoms with Crippen LogP contribution < -0.4 is 20.5 Å². The van der Waals surface area contributed by atoms with Crippen molar-refractivity contribution in [1.82, 2.24) is 5.32 Å². The Balaban J connectivity index is 2.86. The number of nitrogens with two attached hydrogens (primary N) is 1. The van der Waals surface area contributed by atoms with Crippen molar-refractivity contribution in [2.75, 3.05) is 26.8 Å². The molecule has 1 rings (SSSR count). The van der Waals surface area contributed by atoms with Crippen LogP contribution in [0.3, 0.4) is 0 Å². The van der Waals surface area contributed by atoms with Gasteiger partial charge in [0.2, 0.25) is 0 Å². The minimum Gasteiger partial charge on any atom is -0.493 e. The molecule has 0 saturated heterocycles. The molecule has 0 aliphatic heterocycles. The molecule has 0 fully saturated rings. The fraction of sp³-hybridized carbons (Fsp3) is 0.385. The van der Waals surface area contributed by atoms with Crippen molar-refractivity contribution < 1.29 is 14.3 Å². The number of carbonyl (C=O) groups excluding carboxylic acids is 1. The van der Waals surface area contributed by atoms with E-state index < -0.39 is 0 Å². The van der Waals surface area contributed by atoms with Gasteiger partial charge in [-0.15, -0.1) is 0 Å². The Bertz CT molecular complexity index is 514. The van der Waals surface area contributed by atoms with E-state index in [1.165, 1.54) is 7.11 Å². The van der Waals surface area contributed by atoms with Gasteiger partial charge in [0.15, 0.2) is 18.1 Å². The number of amides is 1. The number of nitrogens with one attached hydrogen (secondary N) is 1. The van der Waals surface area contributed by atoms with Gasteiger partial charge < -0.3 is 20.5 Å². The van der Waals surface area contributed by atoms with E-state index >= 15 is 0 Å². The Morgan fingerprint density at radius 1 is 1.55 bits per heavy atom. The molecule has 0 aliphatic rings. The molecule has 1 amide bonds. The van der Waals surface area contributed by atoms with Crippen LogP contribution in [0.15, 0.2) is 12.1 Å². The van der Waals surface area contributed by atoms with E-state index in [0.29, 0.717) is 29.5 Å². The summed E-state index contributed by atoms with van der Waals surface area (Å²) in [5.74, 6) is 0.491. The molecule has 6 nitrogen and oxygen atoms in total. The number of halogens is 1. The van der Waals surface area contributed by atoms with Crippen molar-refractivity contribution >= 4 is 17.5 Å². The second kappa shape index (κ2) is 8.25. The molecule has 0 atom stereocenters. The third-order valence-electron chi connectivity index (χ3n) is 2.44. The summed E-state index contributed by atoms with van der Waals surface area (Å²) in [5, 5.41) is 11.3. The van der Waals surface area contributed by atoms with Gasteiger partial charge in [0.05, 0.1) is 13.2 Å². The van der Waals surface area contributed by atoms with Crippen LogP contribution in [-0.4, -0.2) is 32.7 Å². The number of carbonyl (C=O) groups is 1. The van der Waals surface area contributed by atoms with Crippen LogP contribution in [0.4, 0.5) is 0 Å². The summed E-state index contributed by atoms with van der Waals surface area (Å²) in [6.45, 7) is 0.146. The molecule has 0 spiro atoms. The van der Waals surface area contributed by atoms with E-state index in [4.69, 9.17) is 32.1 Å². The van der Waals surface area contributed by atoms with Gasteiger partial charge in [-0.25, -0.2) is 0 Å². The summed E-state index contributed by atoms with van der Waals surface area (Å²) in [6.07, 6.45) is 0.548. The minimum absolute atomic E-state index is 0.0599. The maximum Gasteiger partial charge on any atom is 0.258 e. The lowest BCUT2D eigenvalue weighted by Crippen LogP contribution is -2.29. The number of hydrogen-bond acceptors (Lipinski definition) is 5. The van der Waals surface area contributed by atoms with Gasteiger partial charge in [-0.1, -0.05) is 11.6 Å². The van der Waals surface area contributed by atoms with E-state index in [2.05, 4.69) is 5.32 Å². The highest BCUT2D eigenvalue weighted by Gasteiger charge is 2.14. The predicted octanol–water partition coefficient (Wildman–Crippen LogP) is 0.868. The number of benzene rings is 1. The monoisotopic (exact) mass is 297 g/mol. The summed E-state index contributed by atoms with van der Waals surface area (Å²) in [7, 11) is 1.49. The SMILES string of the molecule is COc1cc(Cl)cc(CCN)c1OCC(=O)NCC#N. The Hall–Kier alpha value is -1.97. The van der Waals surface area contributed by atoms with Crippen molar-refractivity contribution in [3.63, 3.8) is 0 Å². The standard InChI is InChI=1S/C13H16ClN3O3/c1-19-11-7-10(14)6-9(2-3-15)13(11)20-8-12(18)17-5-4-16/h6-7H,2-3,5,8,15H2,1H3,(H,17,18). The number of hydrogen-bond donors (Lipinski definition) is 2. The lowest BCUT2D eigenvalue weighted by Gasteiger charge is -2.15. The summed E-state index contributed by atoms with van der Waals surface area (Å²) in [4.78, 5) is 11.4. The first-order chi connectivity index (χ1) is 9.62. The van der Waals surface area contributed by atoms with Crippen molar-refractivity contribution in [2.45, 2.75) is 6.42 Å². The van der Waals surface area contributed by atoms with Crippen LogP contribution in [0.1, 0.15) is 5.56 Å². The zero-order valence-corrected chi connectivity index (χ0v) is 11.9. The number of nitrogens with zero attached hydrogens (tertiary/aromatic N) is 1. The summed E-state index contributed by atoms with van der Waals surface area (Å²) in [6, 6.07) is 5.14. The molecule has 0 radical (unpaired) electrons. The van der Waals surface area contributed by atoms with E-state index in [-0.39, 0.29) is 19.1 Å². The van der Waals surface area contributed by atoms with E-state index in [1.54, 1.807) is 12.1 Å². The lowest BCUT2D eigenvalue weighted by atomic mass is 10.1. The Morgan fingerprint density at radius 3 is 2.90 bits per heavy atom. The average Bonchev–Trinajstić information content (AvgIpc) is 2.43. The topological polar surface area (TPSA) is 97.4 Å². The number of methoxy groups -OCH3 is 1. The van der Waals surface area contributed by atoms with E-state index in [0.717, 1.165) is 5.56 Å². The highest BCUT2D eigenvalue weighted by atomic mass is 35.5. The Morgan fingerprint density at radius 2 is 2.30 bits per heavy atom. The molecule has 1 aromatic carbocycles. The van der Waals surface area contributed by atoms with Crippen molar-refractivity contribution in [2.24, 2.45) is 5.73 Å². The zero-order chi connectivity index (χ0) is 15.0. The van der Waals surface area contributed by atoms with Crippen LogP contribution in [0.2, 0.25) is 5.02 Å². The quantitative estimate of drug-likeness (QED) is 0.728. The van der Waals surface area contributed by atoms with Crippen molar-refractivity contribution in [1.29, 1.82) is 5.26 Å². The second-order valence-corrected chi connectivity index (χ2v) is 4.29. The fourth-order valence-corrected chi connectivity index (χ4v) is 1.84. The van der Waals surface area contributed by atoms with E-state index in [1.807, 2.05) is 6.07 Å². The van der Waals surface area contributed by atoms with Gasteiger partial charge in [-0.2, -0.15) is 5.26 Å². The highest BCUT2D eigenvalue weighted by molar-refractivity contribution is 6.30. The first-order valence-corrected chi connectivity index (χ1v) is 6.33. The van der Waals surface area contributed by atoms with Gasteiger partial charge >= 0.3 is 0 Å². The lowest BCUT2D eigenvalue weighted by molar-refractivity contribution is -0.122. The fourth-order valence-electron chi connectivity index (χ4n) is 1.61. The minimum atomic E-state index is -0.387. The van der Waals surface area contributed by atoms with Crippen LogP contribution >= 0.6 is 11.6 Å². The van der Waals surface area contributed by atoms with Crippen molar-refractivity contribution in [3.8, 4) is 17.6 Å². The van der Waals surface area contributed by atoms with Crippen LogP contribution in [0, 0.1) is 11.3 Å². The summed E-state index contributed by atoms with van der Waals surface area (Å²) < 4.78 is 10.7. The maximum absolute atomic E-state index is 11.4. The van der Waals surface area contributed by atoms with E-state index in [9.17, 15) is 4.79 Å². The number of ether oxygens (including phenoxy) is 2. The predicted molar refractivity (Wildman–Crippen MR) is 74.9 cm³/mol. The average molecular weight is 298 g/mol. The van der Waals surface area contributed by atoms with Crippen molar-refractivity contribution in [3.05, 3.63) is 22.7 Å². The van der Waals surface area contributed by atoms with Crippen LogP contribution in [0.25, 0.3) is 0 Å². The van der Waals surface area contributed by atoms with Gasteiger partial charge in [0.25, 0.3) is 5.91 Å². The molecule has 108 valence electrons. The summed E-state index contributed by atoms with van der Waals surface area (Å²) in [5.41, 5.74) is 6.31.